The van der Waals surface area contributed by atoms with Gasteiger partial charge in [0.05, 0.1) is 7.11 Å². The lowest BCUT2D eigenvalue weighted by molar-refractivity contribution is 0.414. The van der Waals surface area contributed by atoms with Gasteiger partial charge in [-0.3, -0.25) is 0 Å². The average Bonchev–Trinajstić information content (AvgIpc) is 2.39. The van der Waals surface area contributed by atoms with Crippen molar-refractivity contribution in [3.8, 4) is 17.9 Å². The minimum atomic E-state index is -0.210. The SMILES string of the molecule is COc1ccccc1C=N/C(C#N)=C(\N)C#N. The molecule has 0 saturated heterocycles. The van der Waals surface area contributed by atoms with Crippen molar-refractivity contribution in [2.45, 2.75) is 0 Å². The second kappa shape index (κ2) is 5.94. The van der Waals surface area contributed by atoms with E-state index in [9.17, 15) is 0 Å². The van der Waals surface area contributed by atoms with E-state index in [-0.39, 0.29) is 11.4 Å². The van der Waals surface area contributed by atoms with Crippen LogP contribution >= 0.6 is 0 Å². The monoisotopic (exact) mass is 226 g/mol. The van der Waals surface area contributed by atoms with E-state index in [0.29, 0.717) is 11.3 Å². The van der Waals surface area contributed by atoms with Gasteiger partial charge < -0.3 is 10.5 Å². The van der Waals surface area contributed by atoms with Crippen molar-refractivity contribution in [1.29, 1.82) is 10.5 Å². The van der Waals surface area contributed by atoms with E-state index in [4.69, 9.17) is 21.0 Å². The molecule has 84 valence electrons. The zero-order valence-electron chi connectivity index (χ0n) is 9.21. The predicted molar refractivity (Wildman–Crippen MR) is 63.0 cm³/mol. The molecule has 0 saturated carbocycles. The Morgan fingerprint density at radius 3 is 2.65 bits per heavy atom. The molecule has 0 aliphatic rings. The summed E-state index contributed by atoms with van der Waals surface area (Å²) in [6.45, 7) is 0. The summed E-state index contributed by atoms with van der Waals surface area (Å²) in [5.74, 6) is 0.629. The van der Waals surface area contributed by atoms with Crippen molar-refractivity contribution in [2.75, 3.05) is 7.11 Å². The van der Waals surface area contributed by atoms with Gasteiger partial charge in [0, 0.05) is 11.8 Å². The van der Waals surface area contributed by atoms with E-state index in [1.807, 2.05) is 12.1 Å². The molecule has 0 fully saturated rings. The van der Waals surface area contributed by atoms with Gasteiger partial charge in [-0.05, 0) is 12.1 Å². The Morgan fingerprint density at radius 2 is 2.06 bits per heavy atom. The molecule has 0 aliphatic heterocycles. The van der Waals surface area contributed by atoms with Crippen molar-refractivity contribution in [2.24, 2.45) is 10.7 Å². The molecule has 0 atom stereocenters. The van der Waals surface area contributed by atoms with Gasteiger partial charge in [-0.1, -0.05) is 12.1 Å². The van der Waals surface area contributed by atoms with Crippen LogP contribution in [0.5, 0.6) is 5.75 Å². The molecule has 17 heavy (non-hydrogen) atoms. The van der Waals surface area contributed by atoms with Gasteiger partial charge >= 0.3 is 0 Å². The lowest BCUT2D eigenvalue weighted by Crippen LogP contribution is -1.98. The summed E-state index contributed by atoms with van der Waals surface area (Å²) in [5.41, 5.74) is 5.69. The number of nitrogens with zero attached hydrogens (tertiary/aromatic N) is 3. The fraction of sp³-hybridized carbons (Fsp3) is 0.0833. The maximum atomic E-state index is 8.75. The number of nitriles is 2. The molecule has 0 aliphatic carbocycles. The molecule has 0 amide bonds. The van der Waals surface area contributed by atoms with Crippen LogP contribution < -0.4 is 10.5 Å². The molecule has 0 unspecified atom stereocenters. The maximum Gasteiger partial charge on any atom is 0.174 e. The minimum absolute atomic E-state index is 0.113. The predicted octanol–water partition coefficient (Wildman–Crippen LogP) is 1.33. The molecule has 1 aromatic carbocycles. The number of benzene rings is 1. The van der Waals surface area contributed by atoms with Crippen molar-refractivity contribution in [1.82, 2.24) is 0 Å². The summed E-state index contributed by atoms with van der Waals surface area (Å²) in [4.78, 5) is 3.86. The summed E-state index contributed by atoms with van der Waals surface area (Å²) in [7, 11) is 1.54. The summed E-state index contributed by atoms with van der Waals surface area (Å²) >= 11 is 0. The first kappa shape index (κ1) is 12.3. The molecule has 5 nitrogen and oxygen atoms in total. The first-order chi connectivity index (χ1) is 8.22. The number of hydrogen-bond donors (Lipinski definition) is 1. The topological polar surface area (TPSA) is 95.2 Å². The molecule has 0 bridgehead atoms. The highest BCUT2D eigenvalue weighted by Crippen LogP contribution is 2.15. The quantitative estimate of drug-likeness (QED) is 0.621. The second-order valence-corrected chi connectivity index (χ2v) is 2.99. The van der Waals surface area contributed by atoms with Gasteiger partial charge in [0.15, 0.2) is 5.70 Å². The first-order valence-electron chi connectivity index (χ1n) is 4.70. The van der Waals surface area contributed by atoms with Crippen LogP contribution in [0.15, 0.2) is 40.7 Å². The Hall–Kier alpha value is -2.79. The van der Waals surface area contributed by atoms with Gasteiger partial charge in [-0.15, -0.1) is 0 Å². The average molecular weight is 226 g/mol. The highest BCUT2D eigenvalue weighted by Gasteiger charge is 2.01. The fourth-order valence-electron chi connectivity index (χ4n) is 1.12. The van der Waals surface area contributed by atoms with Crippen LogP contribution in [0.2, 0.25) is 0 Å². The van der Waals surface area contributed by atoms with Gasteiger partial charge in [-0.2, -0.15) is 10.5 Å². The van der Waals surface area contributed by atoms with Gasteiger partial charge in [-0.25, -0.2) is 4.99 Å². The van der Waals surface area contributed by atoms with E-state index in [0.717, 1.165) is 0 Å². The fourth-order valence-corrected chi connectivity index (χ4v) is 1.12. The van der Waals surface area contributed by atoms with E-state index in [1.54, 1.807) is 24.3 Å². The van der Waals surface area contributed by atoms with Crippen LogP contribution in [0.3, 0.4) is 0 Å². The van der Waals surface area contributed by atoms with Gasteiger partial charge in [0.25, 0.3) is 0 Å². The molecular formula is C12H10N4O. The number of aliphatic imine (C=N–C) groups is 1. The third-order valence-electron chi connectivity index (χ3n) is 1.95. The van der Waals surface area contributed by atoms with Crippen molar-refractivity contribution >= 4 is 6.21 Å². The Kier molecular flexibility index (Phi) is 4.29. The Labute approximate surface area is 99.1 Å². The normalized spacial score (nSPS) is 11.5. The molecule has 0 aromatic heterocycles. The summed E-state index contributed by atoms with van der Waals surface area (Å²) in [6, 6.07) is 10.6. The molecule has 1 rings (SSSR count). The van der Waals surface area contributed by atoms with Crippen LogP contribution in [0.25, 0.3) is 0 Å². The number of methoxy groups -OCH3 is 1. The first-order valence-corrected chi connectivity index (χ1v) is 4.70. The number of ether oxygens (including phenoxy) is 1. The van der Waals surface area contributed by atoms with Crippen molar-refractivity contribution in [3.63, 3.8) is 0 Å². The van der Waals surface area contributed by atoms with Crippen LogP contribution in [0.4, 0.5) is 0 Å². The molecule has 2 N–H and O–H groups in total. The Balaban J connectivity index is 3.07. The summed E-state index contributed by atoms with van der Waals surface area (Å²) < 4.78 is 5.11. The van der Waals surface area contributed by atoms with Crippen molar-refractivity contribution in [3.05, 3.63) is 41.2 Å². The maximum absolute atomic E-state index is 8.75. The molecular weight excluding hydrogens is 216 g/mol. The molecule has 0 radical (unpaired) electrons. The molecule has 5 heteroatoms. The number of nitrogens with two attached hydrogens (primary N) is 1. The van der Waals surface area contributed by atoms with Crippen LogP contribution in [0.1, 0.15) is 5.56 Å². The van der Waals surface area contributed by atoms with E-state index >= 15 is 0 Å². The van der Waals surface area contributed by atoms with Crippen LogP contribution in [0, 0.1) is 22.7 Å². The number of para-hydroxylation sites is 1. The number of allylic oxidation sites excluding steroid dienone is 2. The highest BCUT2D eigenvalue weighted by molar-refractivity contribution is 5.84. The standard InChI is InChI=1S/C12H10N4O/c1-17-12-5-3-2-4-9(12)8-16-11(7-14)10(15)6-13/h2-5,8H,15H2,1H3/b11-10-,16-8?. The van der Waals surface area contributed by atoms with E-state index < -0.39 is 0 Å². The number of rotatable bonds is 3. The minimum Gasteiger partial charge on any atom is -0.496 e. The summed E-state index contributed by atoms with van der Waals surface area (Å²) in [6.07, 6.45) is 1.43. The van der Waals surface area contributed by atoms with Gasteiger partial charge in [0.2, 0.25) is 0 Å². The van der Waals surface area contributed by atoms with E-state index in [2.05, 4.69) is 4.99 Å². The Morgan fingerprint density at radius 1 is 1.35 bits per heavy atom. The lowest BCUT2D eigenvalue weighted by atomic mass is 10.2. The number of hydrogen-bond acceptors (Lipinski definition) is 5. The summed E-state index contributed by atoms with van der Waals surface area (Å²) in [5, 5.41) is 17.3. The van der Waals surface area contributed by atoms with Crippen molar-refractivity contribution < 1.29 is 4.74 Å². The second-order valence-electron chi connectivity index (χ2n) is 2.99. The van der Waals surface area contributed by atoms with E-state index in [1.165, 1.54) is 13.3 Å². The van der Waals surface area contributed by atoms with Crippen LogP contribution in [-0.4, -0.2) is 13.3 Å². The zero-order valence-corrected chi connectivity index (χ0v) is 9.21. The largest absolute Gasteiger partial charge is 0.496 e. The third-order valence-corrected chi connectivity index (χ3v) is 1.95. The zero-order chi connectivity index (χ0) is 12.7. The molecule has 1 aromatic rings. The molecule has 0 heterocycles. The smallest absolute Gasteiger partial charge is 0.174 e. The molecule has 0 spiro atoms. The lowest BCUT2D eigenvalue weighted by Gasteiger charge is -2.02. The van der Waals surface area contributed by atoms with Crippen LogP contribution in [-0.2, 0) is 0 Å². The third kappa shape index (κ3) is 3.08. The Bertz CT molecular complexity index is 546. The highest BCUT2D eigenvalue weighted by atomic mass is 16.5. The van der Waals surface area contributed by atoms with Gasteiger partial charge in [0.1, 0.15) is 23.6 Å².